The number of rotatable bonds is 3. The second kappa shape index (κ2) is 5.16. The fourth-order valence-electron chi connectivity index (χ4n) is 2.28. The molecule has 2 nitrogen and oxygen atoms in total. The van der Waals surface area contributed by atoms with Gasteiger partial charge in [-0.05, 0) is 51.9 Å². The minimum Gasteiger partial charge on any atom is -0.330 e. The van der Waals surface area contributed by atoms with Crippen molar-refractivity contribution < 1.29 is 13.2 Å². The van der Waals surface area contributed by atoms with Crippen LogP contribution in [-0.4, -0.2) is 37.8 Å². The van der Waals surface area contributed by atoms with E-state index in [4.69, 9.17) is 5.73 Å². The van der Waals surface area contributed by atoms with Gasteiger partial charge in [0.25, 0.3) is 0 Å². The molecular weight excluding hydrogens is 205 g/mol. The van der Waals surface area contributed by atoms with Crippen LogP contribution in [0.15, 0.2) is 0 Å². The molecule has 1 fully saturated rings. The summed E-state index contributed by atoms with van der Waals surface area (Å²) >= 11 is 0. The summed E-state index contributed by atoms with van der Waals surface area (Å²) in [6.07, 6.45) is -2.74. The van der Waals surface area contributed by atoms with Gasteiger partial charge >= 0.3 is 6.18 Å². The van der Waals surface area contributed by atoms with Gasteiger partial charge in [0.15, 0.2) is 0 Å². The van der Waals surface area contributed by atoms with Crippen LogP contribution in [0.25, 0.3) is 0 Å². The lowest BCUT2D eigenvalue weighted by atomic mass is 9.82. The number of nitrogens with two attached hydrogens (primary N) is 1. The molecule has 1 heterocycles. The molecule has 1 saturated heterocycles. The van der Waals surface area contributed by atoms with E-state index in [2.05, 4.69) is 4.90 Å². The summed E-state index contributed by atoms with van der Waals surface area (Å²) in [5.41, 5.74) is 5.25. The molecule has 1 rings (SSSR count). The molecule has 0 amide bonds. The standard InChI is InChI=1S/C10H19F3N2/c1-15-6-3-8(4-7-15)9(2-5-14)10(11,12)13/h8-9H,2-7,14H2,1H3. The van der Waals surface area contributed by atoms with Crippen molar-refractivity contribution in [3.63, 3.8) is 0 Å². The summed E-state index contributed by atoms with van der Waals surface area (Å²) in [6, 6.07) is 0. The predicted molar refractivity (Wildman–Crippen MR) is 53.4 cm³/mol. The van der Waals surface area contributed by atoms with Gasteiger partial charge in [0.1, 0.15) is 0 Å². The molecule has 5 heteroatoms. The molecule has 15 heavy (non-hydrogen) atoms. The maximum absolute atomic E-state index is 12.7. The molecule has 0 radical (unpaired) electrons. The summed E-state index contributed by atoms with van der Waals surface area (Å²) in [6.45, 7) is 1.65. The van der Waals surface area contributed by atoms with Crippen LogP contribution >= 0.6 is 0 Å². The zero-order chi connectivity index (χ0) is 11.5. The summed E-state index contributed by atoms with van der Waals surface area (Å²) in [7, 11) is 1.95. The lowest BCUT2D eigenvalue weighted by Gasteiger charge is -2.35. The third-order valence-electron chi connectivity index (χ3n) is 3.23. The van der Waals surface area contributed by atoms with Crippen LogP contribution in [-0.2, 0) is 0 Å². The highest BCUT2D eigenvalue weighted by Crippen LogP contribution is 2.38. The smallest absolute Gasteiger partial charge is 0.330 e. The number of halogens is 3. The minimum atomic E-state index is -4.08. The topological polar surface area (TPSA) is 29.3 Å². The van der Waals surface area contributed by atoms with Gasteiger partial charge in [-0.1, -0.05) is 0 Å². The third-order valence-corrected chi connectivity index (χ3v) is 3.23. The highest BCUT2D eigenvalue weighted by atomic mass is 19.4. The summed E-state index contributed by atoms with van der Waals surface area (Å²) in [4.78, 5) is 2.08. The predicted octanol–water partition coefficient (Wildman–Crippen LogP) is 1.86. The van der Waals surface area contributed by atoms with Gasteiger partial charge in [-0.15, -0.1) is 0 Å². The average molecular weight is 224 g/mol. The highest BCUT2D eigenvalue weighted by molar-refractivity contribution is 4.81. The third kappa shape index (κ3) is 3.65. The van der Waals surface area contributed by atoms with Gasteiger partial charge in [-0.2, -0.15) is 13.2 Å². The first-order valence-corrected chi connectivity index (χ1v) is 5.40. The lowest BCUT2D eigenvalue weighted by Crippen LogP contribution is -2.39. The van der Waals surface area contributed by atoms with Crippen LogP contribution in [0.4, 0.5) is 13.2 Å². The van der Waals surface area contributed by atoms with Crippen molar-refractivity contribution in [2.24, 2.45) is 17.6 Å². The Morgan fingerprint density at radius 3 is 2.27 bits per heavy atom. The molecule has 1 unspecified atom stereocenters. The molecule has 0 aromatic carbocycles. The second-order valence-corrected chi connectivity index (χ2v) is 4.37. The van der Waals surface area contributed by atoms with Crippen LogP contribution in [0.3, 0.4) is 0 Å². The summed E-state index contributed by atoms with van der Waals surface area (Å²) in [5.74, 6) is -1.43. The zero-order valence-corrected chi connectivity index (χ0v) is 9.06. The van der Waals surface area contributed by atoms with Crippen LogP contribution in [0.2, 0.25) is 0 Å². The quantitative estimate of drug-likeness (QED) is 0.792. The van der Waals surface area contributed by atoms with Crippen molar-refractivity contribution in [3.05, 3.63) is 0 Å². The Kier molecular flexibility index (Phi) is 4.40. The molecule has 1 atom stereocenters. The highest BCUT2D eigenvalue weighted by Gasteiger charge is 2.44. The monoisotopic (exact) mass is 224 g/mol. The van der Waals surface area contributed by atoms with E-state index in [0.29, 0.717) is 12.8 Å². The Hall–Kier alpha value is -0.290. The summed E-state index contributed by atoms with van der Waals surface area (Å²) in [5, 5.41) is 0. The fourth-order valence-corrected chi connectivity index (χ4v) is 2.28. The van der Waals surface area contributed by atoms with Gasteiger partial charge in [-0.25, -0.2) is 0 Å². The zero-order valence-electron chi connectivity index (χ0n) is 9.06. The first-order chi connectivity index (χ1) is 6.95. The SMILES string of the molecule is CN1CCC(C(CCN)C(F)(F)F)CC1. The first kappa shape index (κ1) is 12.8. The average Bonchev–Trinajstić information content (AvgIpc) is 2.14. The molecule has 1 aliphatic rings. The molecule has 2 N–H and O–H groups in total. The van der Waals surface area contributed by atoms with Crippen molar-refractivity contribution in [2.75, 3.05) is 26.7 Å². The van der Waals surface area contributed by atoms with Crippen molar-refractivity contribution in [1.29, 1.82) is 0 Å². The Morgan fingerprint density at radius 1 is 1.33 bits per heavy atom. The van der Waals surface area contributed by atoms with E-state index in [1.807, 2.05) is 7.05 Å². The van der Waals surface area contributed by atoms with Crippen molar-refractivity contribution in [1.82, 2.24) is 4.90 Å². The molecule has 0 spiro atoms. The van der Waals surface area contributed by atoms with E-state index < -0.39 is 12.1 Å². The van der Waals surface area contributed by atoms with Gasteiger partial charge in [-0.3, -0.25) is 0 Å². The van der Waals surface area contributed by atoms with Gasteiger partial charge in [0, 0.05) is 0 Å². The maximum atomic E-state index is 12.7. The minimum absolute atomic E-state index is 0.0673. The molecular formula is C10H19F3N2. The van der Waals surface area contributed by atoms with E-state index in [-0.39, 0.29) is 18.9 Å². The number of alkyl halides is 3. The number of hydrogen-bond acceptors (Lipinski definition) is 2. The Morgan fingerprint density at radius 2 is 1.87 bits per heavy atom. The number of nitrogens with zero attached hydrogens (tertiary/aromatic N) is 1. The van der Waals surface area contributed by atoms with Crippen molar-refractivity contribution >= 4 is 0 Å². The first-order valence-electron chi connectivity index (χ1n) is 5.40. The summed E-state index contributed by atoms with van der Waals surface area (Å²) < 4.78 is 38.2. The van der Waals surface area contributed by atoms with Crippen LogP contribution in [0, 0.1) is 11.8 Å². The van der Waals surface area contributed by atoms with Crippen LogP contribution < -0.4 is 5.73 Å². The van der Waals surface area contributed by atoms with E-state index in [1.165, 1.54) is 0 Å². The number of piperidine rings is 1. The number of likely N-dealkylation sites (tertiary alicyclic amines) is 1. The van der Waals surface area contributed by atoms with E-state index >= 15 is 0 Å². The van der Waals surface area contributed by atoms with Crippen molar-refractivity contribution in [3.8, 4) is 0 Å². The molecule has 0 bridgehead atoms. The Balaban J connectivity index is 2.56. The Labute approximate surface area is 88.6 Å². The molecule has 1 aliphatic heterocycles. The number of hydrogen-bond donors (Lipinski definition) is 1. The Bertz CT molecular complexity index is 186. The van der Waals surface area contributed by atoms with Gasteiger partial charge in [0.2, 0.25) is 0 Å². The normalized spacial score (nSPS) is 23.0. The van der Waals surface area contributed by atoms with E-state index in [9.17, 15) is 13.2 Å². The lowest BCUT2D eigenvalue weighted by molar-refractivity contribution is -0.193. The van der Waals surface area contributed by atoms with Gasteiger partial charge < -0.3 is 10.6 Å². The van der Waals surface area contributed by atoms with E-state index in [1.54, 1.807) is 0 Å². The molecule has 0 aromatic rings. The molecule has 0 saturated carbocycles. The fraction of sp³-hybridized carbons (Fsp3) is 1.00. The molecule has 0 aliphatic carbocycles. The van der Waals surface area contributed by atoms with Crippen molar-refractivity contribution in [2.45, 2.75) is 25.4 Å². The second-order valence-electron chi connectivity index (χ2n) is 4.37. The van der Waals surface area contributed by atoms with Crippen LogP contribution in [0.1, 0.15) is 19.3 Å². The van der Waals surface area contributed by atoms with Gasteiger partial charge in [0.05, 0.1) is 5.92 Å². The largest absolute Gasteiger partial charge is 0.392 e. The maximum Gasteiger partial charge on any atom is 0.392 e. The molecule has 0 aromatic heterocycles. The van der Waals surface area contributed by atoms with Crippen LogP contribution in [0.5, 0.6) is 0 Å². The van der Waals surface area contributed by atoms with E-state index in [0.717, 1.165) is 13.1 Å². The molecule has 90 valence electrons.